The van der Waals surface area contributed by atoms with E-state index >= 15 is 0 Å². The molecule has 9 nitrogen and oxygen atoms in total. The first kappa shape index (κ1) is 24.8. The number of amidine groups is 1. The van der Waals surface area contributed by atoms with Gasteiger partial charge in [-0.3, -0.25) is 14.6 Å². The van der Waals surface area contributed by atoms with Gasteiger partial charge in [0.15, 0.2) is 5.17 Å². The van der Waals surface area contributed by atoms with E-state index in [1.807, 2.05) is 6.92 Å². The van der Waals surface area contributed by atoms with Gasteiger partial charge in [0.25, 0.3) is 0 Å². The van der Waals surface area contributed by atoms with Crippen molar-refractivity contribution in [3.05, 3.63) is 10.6 Å². The van der Waals surface area contributed by atoms with Crippen LogP contribution in [0.1, 0.15) is 34.6 Å². The first-order valence-corrected chi connectivity index (χ1v) is 12.5. The molecule has 32 heavy (non-hydrogen) atoms. The molecule has 0 amide bonds. The van der Waals surface area contributed by atoms with Gasteiger partial charge in [-0.05, 0) is 27.7 Å². The summed E-state index contributed by atoms with van der Waals surface area (Å²) in [5, 5.41) is 23.9. The standard InChI is InChI=1S/C21H31N3O6S2/c1-10-14(13(17(25)26)11(2)30-19(29)21(3,4)5)23-15(18(27)28)16(10)32-12-8-24(9-12)20-22-6-7-31-20/h10-14,23H,6-9H2,1-5H3,(H,25,26)(H,27,28)/t10-,11?,13?,14-/m1/s1. The van der Waals surface area contributed by atoms with E-state index < -0.39 is 41.4 Å². The summed E-state index contributed by atoms with van der Waals surface area (Å²) < 4.78 is 5.46. The van der Waals surface area contributed by atoms with Gasteiger partial charge in [0.1, 0.15) is 17.7 Å². The van der Waals surface area contributed by atoms with Gasteiger partial charge in [-0.25, -0.2) is 4.79 Å². The summed E-state index contributed by atoms with van der Waals surface area (Å²) in [4.78, 5) is 43.7. The molecule has 0 bridgehead atoms. The fourth-order valence-electron chi connectivity index (χ4n) is 3.92. The van der Waals surface area contributed by atoms with Gasteiger partial charge in [-0.1, -0.05) is 18.7 Å². The Hall–Kier alpha value is -1.88. The number of carboxylic acid groups (broad SMARTS) is 2. The number of ether oxygens (including phenoxy) is 1. The van der Waals surface area contributed by atoms with E-state index in [-0.39, 0.29) is 16.9 Å². The Labute approximate surface area is 196 Å². The maximum absolute atomic E-state index is 12.3. The Morgan fingerprint density at radius 3 is 2.44 bits per heavy atom. The van der Waals surface area contributed by atoms with Crippen LogP contribution in [-0.4, -0.2) is 81.0 Å². The Balaban J connectivity index is 1.71. The first-order chi connectivity index (χ1) is 14.9. The molecule has 178 valence electrons. The summed E-state index contributed by atoms with van der Waals surface area (Å²) in [6.07, 6.45) is -0.921. The second kappa shape index (κ2) is 9.54. The van der Waals surface area contributed by atoms with Crippen molar-refractivity contribution in [1.29, 1.82) is 0 Å². The second-order valence-electron chi connectivity index (χ2n) is 9.39. The van der Waals surface area contributed by atoms with E-state index in [1.54, 1.807) is 39.5 Å². The maximum atomic E-state index is 12.3. The molecule has 3 heterocycles. The molecule has 4 atom stereocenters. The third-order valence-electron chi connectivity index (χ3n) is 5.79. The molecule has 1 fully saturated rings. The van der Waals surface area contributed by atoms with Gasteiger partial charge in [0.2, 0.25) is 0 Å². The number of carbonyl (C=O) groups excluding carboxylic acids is 1. The van der Waals surface area contributed by atoms with Crippen LogP contribution >= 0.6 is 23.5 Å². The molecular weight excluding hydrogens is 454 g/mol. The Kier molecular flexibility index (Phi) is 7.38. The van der Waals surface area contributed by atoms with Crippen LogP contribution in [0.25, 0.3) is 0 Å². The highest BCUT2D eigenvalue weighted by atomic mass is 32.2. The van der Waals surface area contributed by atoms with E-state index in [4.69, 9.17) is 4.74 Å². The summed E-state index contributed by atoms with van der Waals surface area (Å²) in [6.45, 7) is 10.9. The van der Waals surface area contributed by atoms with Crippen molar-refractivity contribution in [2.45, 2.75) is 52.0 Å². The number of likely N-dealkylation sites (tertiary alicyclic amines) is 1. The molecule has 0 spiro atoms. The molecule has 3 aliphatic heterocycles. The van der Waals surface area contributed by atoms with E-state index in [0.717, 1.165) is 30.6 Å². The minimum atomic E-state index is -1.13. The number of nitrogens with zero attached hydrogens (tertiary/aromatic N) is 2. The number of carbonyl (C=O) groups is 3. The van der Waals surface area contributed by atoms with Crippen molar-refractivity contribution >= 4 is 46.6 Å². The Morgan fingerprint density at radius 2 is 1.94 bits per heavy atom. The van der Waals surface area contributed by atoms with Crippen LogP contribution in [0.4, 0.5) is 0 Å². The minimum absolute atomic E-state index is 0.0409. The van der Waals surface area contributed by atoms with Crippen molar-refractivity contribution in [2.24, 2.45) is 22.2 Å². The summed E-state index contributed by atoms with van der Waals surface area (Å²) in [6, 6.07) is -0.699. The highest BCUT2D eigenvalue weighted by Crippen LogP contribution is 2.43. The molecule has 0 aromatic rings. The van der Waals surface area contributed by atoms with Crippen LogP contribution < -0.4 is 5.32 Å². The lowest BCUT2D eigenvalue weighted by molar-refractivity contribution is -0.166. The summed E-state index contributed by atoms with van der Waals surface area (Å²) >= 11 is 3.23. The van der Waals surface area contributed by atoms with Crippen LogP contribution in [0, 0.1) is 17.3 Å². The minimum Gasteiger partial charge on any atom is -0.481 e. The van der Waals surface area contributed by atoms with Crippen LogP contribution in [0.2, 0.25) is 0 Å². The third-order valence-corrected chi connectivity index (χ3v) is 8.28. The fraction of sp³-hybridized carbons (Fsp3) is 0.714. The highest BCUT2D eigenvalue weighted by Gasteiger charge is 2.47. The molecule has 0 radical (unpaired) electrons. The van der Waals surface area contributed by atoms with E-state index in [0.29, 0.717) is 4.91 Å². The van der Waals surface area contributed by atoms with Crippen LogP contribution in [0.3, 0.4) is 0 Å². The molecule has 0 aromatic heterocycles. The number of nitrogens with one attached hydrogen (secondary N) is 1. The lowest BCUT2D eigenvalue weighted by atomic mass is 9.87. The highest BCUT2D eigenvalue weighted by molar-refractivity contribution is 8.14. The zero-order valence-corrected chi connectivity index (χ0v) is 20.6. The normalized spacial score (nSPS) is 25.7. The quantitative estimate of drug-likeness (QED) is 0.461. The van der Waals surface area contributed by atoms with Gasteiger partial charge >= 0.3 is 17.9 Å². The molecule has 0 saturated carbocycles. The van der Waals surface area contributed by atoms with E-state index in [9.17, 15) is 24.6 Å². The van der Waals surface area contributed by atoms with E-state index in [2.05, 4.69) is 15.2 Å². The molecule has 3 N–H and O–H groups in total. The number of aliphatic carboxylic acids is 2. The second-order valence-corrected chi connectivity index (χ2v) is 11.8. The predicted molar refractivity (Wildman–Crippen MR) is 125 cm³/mol. The maximum Gasteiger partial charge on any atom is 0.352 e. The average molecular weight is 486 g/mol. The van der Waals surface area contributed by atoms with E-state index in [1.165, 1.54) is 11.8 Å². The number of thioether (sulfide) groups is 2. The van der Waals surface area contributed by atoms with Crippen molar-refractivity contribution in [3.63, 3.8) is 0 Å². The summed E-state index contributed by atoms with van der Waals surface area (Å²) in [7, 11) is 0. The zero-order chi connectivity index (χ0) is 23.8. The van der Waals surface area contributed by atoms with Crippen LogP contribution in [0.15, 0.2) is 15.6 Å². The molecule has 11 heteroatoms. The molecular formula is C21H31N3O6S2. The number of rotatable bonds is 7. The topological polar surface area (TPSA) is 129 Å². The SMILES string of the molecule is CC(OC(=O)C(C)(C)C)C(C(=O)O)[C@@H]1NC(C(=O)O)=C(SC2CN(C3=NCCS3)C2)[C@@H]1C. The zero-order valence-electron chi connectivity index (χ0n) is 19.0. The fourth-order valence-corrected chi connectivity index (χ4v) is 6.29. The van der Waals surface area contributed by atoms with Gasteiger partial charge in [-0.2, -0.15) is 0 Å². The predicted octanol–water partition coefficient (Wildman–Crippen LogP) is 2.09. The lowest BCUT2D eigenvalue weighted by Crippen LogP contribution is -2.51. The Morgan fingerprint density at radius 1 is 1.28 bits per heavy atom. The number of hydrogen-bond acceptors (Lipinski definition) is 9. The molecule has 0 aliphatic carbocycles. The van der Waals surface area contributed by atoms with Crippen molar-refractivity contribution in [1.82, 2.24) is 10.2 Å². The van der Waals surface area contributed by atoms with Crippen molar-refractivity contribution in [2.75, 3.05) is 25.4 Å². The molecule has 2 unspecified atom stereocenters. The van der Waals surface area contributed by atoms with Crippen LogP contribution in [0.5, 0.6) is 0 Å². The lowest BCUT2D eigenvalue weighted by Gasteiger charge is -2.40. The van der Waals surface area contributed by atoms with Gasteiger partial charge < -0.3 is 25.2 Å². The van der Waals surface area contributed by atoms with Crippen molar-refractivity contribution in [3.8, 4) is 0 Å². The number of aliphatic imine (C=N–C) groups is 1. The summed E-state index contributed by atoms with van der Waals surface area (Å²) in [5.41, 5.74) is -0.727. The van der Waals surface area contributed by atoms with Crippen LogP contribution in [-0.2, 0) is 19.1 Å². The average Bonchev–Trinajstić information content (AvgIpc) is 3.26. The number of hydrogen-bond donors (Lipinski definition) is 3. The smallest absolute Gasteiger partial charge is 0.352 e. The first-order valence-electron chi connectivity index (χ1n) is 10.7. The molecule has 1 saturated heterocycles. The largest absolute Gasteiger partial charge is 0.481 e. The molecule has 0 aromatic carbocycles. The van der Waals surface area contributed by atoms with Gasteiger partial charge in [0, 0.05) is 34.9 Å². The van der Waals surface area contributed by atoms with Crippen molar-refractivity contribution < 1.29 is 29.3 Å². The van der Waals surface area contributed by atoms with Gasteiger partial charge in [-0.15, -0.1) is 11.8 Å². The number of carboxylic acids is 2. The Bertz CT molecular complexity index is 847. The van der Waals surface area contributed by atoms with Gasteiger partial charge in [0.05, 0.1) is 18.0 Å². The monoisotopic (exact) mass is 485 g/mol. The number of esters is 1. The molecule has 3 rings (SSSR count). The third kappa shape index (κ3) is 5.19. The molecule has 3 aliphatic rings. The summed E-state index contributed by atoms with van der Waals surface area (Å²) in [5.74, 6) is -3.19.